The van der Waals surface area contributed by atoms with Gasteiger partial charge in [-0.3, -0.25) is 0 Å². The highest BCUT2D eigenvalue weighted by Crippen LogP contribution is 2.27. The molecule has 0 unspecified atom stereocenters. The van der Waals surface area contributed by atoms with Gasteiger partial charge in [-0.1, -0.05) is 41.1 Å². The Morgan fingerprint density at radius 2 is 1.65 bits per heavy atom. The van der Waals surface area contributed by atoms with E-state index in [1.54, 1.807) is 0 Å². The minimum Gasteiger partial charge on any atom is -0.0840 e. The molecule has 0 aliphatic rings. The summed E-state index contributed by atoms with van der Waals surface area (Å²) in [4.78, 5) is 0. The zero-order valence-corrected chi connectivity index (χ0v) is 12.0. The summed E-state index contributed by atoms with van der Waals surface area (Å²) in [5.41, 5.74) is 6.11. The highest BCUT2D eigenvalue weighted by atomic mass is 35.5. The molecule has 3 radical (unpaired) electrons. The Labute approximate surface area is 111 Å². The largest absolute Gasteiger partial charge is 0.0840 e. The fraction of sp³-hybridized carbons (Fsp3) is 0.200. The molecule has 0 bridgehead atoms. The van der Waals surface area contributed by atoms with Gasteiger partial charge in [0.2, 0.25) is 0 Å². The smallest absolute Gasteiger partial charge is 0.0720 e. The third-order valence-corrected chi connectivity index (χ3v) is 4.02. The van der Waals surface area contributed by atoms with Gasteiger partial charge in [0, 0.05) is 5.02 Å². The van der Waals surface area contributed by atoms with Crippen molar-refractivity contribution in [3.63, 3.8) is 0 Å². The molecule has 0 aliphatic carbocycles. The molecule has 0 spiro atoms. The van der Waals surface area contributed by atoms with Gasteiger partial charge in [0.15, 0.2) is 0 Å². The van der Waals surface area contributed by atoms with Crippen LogP contribution in [0.3, 0.4) is 0 Å². The van der Waals surface area contributed by atoms with Crippen LogP contribution in [0.1, 0.15) is 16.7 Å². The molecule has 0 nitrogen and oxygen atoms in total. The number of benzene rings is 2. The van der Waals surface area contributed by atoms with Crippen LogP contribution in [-0.2, 0) is 0 Å². The first-order valence-electron chi connectivity index (χ1n) is 5.59. The average Bonchev–Trinajstić information content (AvgIpc) is 2.29. The third-order valence-electron chi connectivity index (χ3n) is 3.19. The van der Waals surface area contributed by atoms with Crippen molar-refractivity contribution in [1.29, 1.82) is 0 Å². The van der Waals surface area contributed by atoms with Crippen LogP contribution in [0.5, 0.6) is 0 Å². The number of hydrogen-bond acceptors (Lipinski definition) is 0. The molecule has 2 aromatic carbocycles. The molecule has 17 heavy (non-hydrogen) atoms. The van der Waals surface area contributed by atoms with Gasteiger partial charge < -0.3 is 0 Å². The Bertz CT molecular complexity index is 573. The Hall–Kier alpha value is -1.05. The van der Waals surface area contributed by atoms with E-state index in [0.29, 0.717) is 0 Å². The normalized spacial score (nSPS) is 10.6. The maximum absolute atomic E-state index is 6.19. The van der Waals surface area contributed by atoms with Crippen LogP contribution < -0.4 is 5.19 Å². The fourth-order valence-corrected chi connectivity index (χ4v) is 2.53. The fourth-order valence-electron chi connectivity index (χ4n) is 1.96. The first-order valence-corrected chi connectivity index (χ1v) is 6.47. The predicted octanol–water partition coefficient (Wildman–Crippen LogP) is 3.73. The lowest BCUT2D eigenvalue weighted by Crippen LogP contribution is -2.08. The van der Waals surface area contributed by atoms with Crippen molar-refractivity contribution in [3.8, 4) is 11.1 Å². The Morgan fingerprint density at radius 1 is 0.941 bits per heavy atom. The van der Waals surface area contributed by atoms with Crippen molar-refractivity contribution in [3.05, 3.63) is 52.0 Å². The molecule has 0 fully saturated rings. The lowest BCUT2D eigenvalue weighted by molar-refractivity contribution is 1.34. The van der Waals surface area contributed by atoms with Crippen LogP contribution in [0.15, 0.2) is 30.3 Å². The summed E-state index contributed by atoms with van der Waals surface area (Å²) >= 11 is 6.19. The quantitative estimate of drug-likeness (QED) is 0.683. The third kappa shape index (κ3) is 2.31. The first kappa shape index (κ1) is 12.4. The zero-order valence-electron chi connectivity index (χ0n) is 10.3. The van der Waals surface area contributed by atoms with E-state index in [9.17, 15) is 0 Å². The van der Waals surface area contributed by atoms with Gasteiger partial charge in [-0.2, -0.15) is 0 Å². The summed E-state index contributed by atoms with van der Waals surface area (Å²) in [6.07, 6.45) is 0. The van der Waals surface area contributed by atoms with Crippen LogP contribution in [-0.4, -0.2) is 10.2 Å². The minimum absolute atomic E-state index is 0.806. The van der Waals surface area contributed by atoms with Crippen LogP contribution in [0.25, 0.3) is 11.1 Å². The Kier molecular flexibility index (Phi) is 3.41. The lowest BCUT2D eigenvalue weighted by Gasteiger charge is -2.13. The molecule has 0 aliphatic heterocycles. The highest BCUT2D eigenvalue weighted by Gasteiger charge is 2.09. The second-order valence-corrected chi connectivity index (χ2v) is 5.34. The molecule has 85 valence electrons. The molecular weight excluding hydrogens is 244 g/mol. The van der Waals surface area contributed by atoms with Gasteiger partial charge in [0.25, 0.3) is 0 Å². The Balaban J connectivity index is 2.68. The second kappa shape index (κ2) is 4.67. The van der Waals surface area contributed by atoms with Gasteiger partial charge in [-0.15, -0.1) is 0 Å². The van der Waals surface area contributed by atoms with Crippen LogP contribution in [0, 0.1) is 20.8 Å². The average molecular weight is 258 g/mol. The minimum atomic E-state index is 0.806. The maximum Gasteiger partial charge on any atom is 0.0720 e. The zero-order chi connectivity index (χ0) is 12.6. The van der Waals surface area contributed by atoms with Gasteiger partial charge in [0.05, 0.1) is 10.2 Å². The number of halogens is 1. The molecular formula is C15H14ClSi. The summed E-state index contributed by atoms with van der Waals surface area (Å²) in [7, 11) is 3.66. The van der Waals surface area contributed by atoms with Gasteiger partial charge >= 0.3 is 0 Å². The summed E-state index contributed by atoms with van der Waals surface area (Å²) in [5, 5.41) is 1.88. The molecule has 2 aromatic rings. The van der Waals surface area contributed by atoms with E-state index in [4.69, 9.17) is 11.6 Å². The summed E-state index contributed by atoms with van der Waals surface area (Å²) in [6, 6.07) is 10.4. The van der Waals surface area contributed by atoms with Gasteiger partial charge in [-0.25, -0.2) is 0 Å². The van der Waals surface area contributed by atoms with E-state index in [-0.39, 0.29) is 0 Å². The van der Waals surface area contributed by atoms with Crippen molar-refractivity contribution < 1.29 is 0 Å². The molecule has 0 amide bonds. The SMILES string of the molecule is Cc1ccc(-c2c([Si])ccc(Cl)c2C)cc1C. The van der Waals surface area contributed by atoms with Crippen LogP contribution in [0.2, 0.25) is 5.02 Å². The Morgan fingerprint density at radius 3 is 2.29 bits per heavy atom. The van der Waals surface area contributed by atoms with Crippen molar-refractivity contribution >= 4 is 27.0 Å². The standard InChI is InChI=1S/C15H14ClSi/c1-9-4-5-12(8-10(9)2)15-11(3)13(16)6-7-14(15)17/h4-8H,1-3H3. The lowest BCUT2D eigenvalue weighted by atomic mass is 9.97. The van der Waals surface area contributed by atoms with E-state index in [1.807, 2.05) is 12.1 Å². The van der Waals surface area contributed by atoms with Crippen molar-refractivity contribution in [2.24, 2.45) is 0 Å². The van der Waals surface area contributed by atoms with Gasteiger partial charge in [-0.05, 0) is 54.7 Å². The van der Waals surface area contributed by atoms with E-state index in [1.165, 1.54) is 22.3 Å². The summed E-state index contributed by atoms with van der Waals surface area (Å²) in [5.74, 6) is 0. The van der Waals surface area contributed by atoms with E-state index in [2.05, 4.69) is 49.2 Å². The molecule has 0 saturated heterocycles. The molecule has 0 heterocycles. The molecule has 2 heteroatoms. The molecule has 0 aromatic heterocycles. The topological polar surface area (TPSA) is 0 Å². The van der Waals surface area contributed by atoms with E-state index >= 15 is 0 Å². The molecule has 0 saturated carbocycles. The first-order chi connectivity index (χ1) is 8.00. The molecule has 2 rings (SSSR count). The van der Waals surface area contributed by atoms with E-state index in [0.717, 1.165) is 15.8 Å². The van der Waals surface area contributed by atoms with Crippen LogP contribution >= 0.6 is 11.6 Å². The molecule has 0 N–H and O–H groups in total. The van der Waals surface area contributed by atoms with Crippen molar-refractivity contribution in [2.75, 3.05) is 0 Å². The monoisotopic (exact) mass is 257 g/mol. The van der Waals surface area contributed by atoms with E-state index < -0.39 is 0 Å². The van der Waals surface area contributed by atoms with Crippen LogP contribution in [0.4, 0.5) is 0 Å². The van der Waals surface area contributed by atoms with Gasteiger partial charge in [0.1, 0.15) is 0 Å². The van der Waals surface area contributed by atoms with Crippen molar-refractivity contribution in [1.82, 2.24) is 0 Å². The number of rotatable bonds is 1. The summed E-state index contributed by atoms with van der Waals surface area (Å²) < 4.78 is 0. The molecule has 0 atom stereocenters. The predicted molar refractivity (Wildman–Crippen MR) is 76.5 cm³/mol. The maximum atomic E-state index is 6.19. The van der Waals surface area contributed by atoms with Crippen molar-refractivity contribution in [2.45, 2.75) is 20.8 Å². The summed E-state index contributed by atoms with van der Waals surface area (Å²) in [6.45, 7) is 6.31. The number of hydrogen-bond donors (Lipinski definition) is 0. The number of aryl methyl sites for hydroxylation is 2. The highest BCUT2D eigenvalue weighted by molar-refractivity contribution is 6.38. The second-order valence-electron chi connectivity index (χ2n) is 4.39.